The third-order valence-electron chi connectivity index (χ3n) is 2.39. The van der Waals surface area contributed by atoms with E-state index in [1.165, 1.54) is 0 Å². The van der Waals surface area contributed by atoms with Gasteiger partial charge in [0.2, 0.25) is 0 Å². The summed E-state index contributed by atoms with van der Waals surface area (Å²) in [6.45, 7) is 1.84. The van der Waals surface area contributed by atoms with E-state index in [-0.39, 0.29) is 5.91 Å². The van der Waals surface area contributed by atoms with Crippen LogP contribution in [0, 0.1) is 6.92 Å². The number of pyridine rings is 1. The maximum absolute atomic E-state index is 11.7. The van der Waals surface area contributed by atoms with Crippen LogP contribution in [0.5, 0.6) is 0 Å². The minimum absolute atomic E-state index is 0.127. The molecule has 0 saturated heterocycles. The van der Waals surface area contributed by atoms with E-state index in [4.69, 9.17) is 11.6 Å². The summed E-state index contributed by atoms with van der Waals surface area (Å²) in [4.78, 5) is 16.0. The summed E-state index contributed by atoms with van der Waals surface area (Å²) in [7, 11) is 1.61. The van der Waals surface area contributed by atoms with Gasteiger partial charge in [0.15, 0.2) is 0 Å². The highest BCUT2D eigenvalue weighted by Gasteiger charge is 2.11. The van der Waals surface area contributed by atoms with Crippen LogP contribution in [0.4, 0.5) is 0 Å². The SMILES string of the molecule is CNC(=O)c1cc(C)nc2c(Cl)cccc12. The highest BCUT2D eigenvalue weighted by molar-refractivity contribution is 6.35. The van der Waals surface area contributed by atoms with Crippen molar-refractivity contribution in [3.05, 3.63) is 40.5 Å². The molecule has 1 aromatic carbocycles. The lowest BCUT2D eigenvalue weighted by molar-refractivity contribution is 0.0964. The number of amides is 1. The maximum atomic E-state index is 11.7. The van der Waals surface area contributed by atoms with Crippen molar-refractivity contribution in [3.63, 3.8) is 0 Å². The molecule has 0 aliphatic carbocycles. The van der Waals surface area contributed by atoms with Gasteiger partial charge in [-0.1, -0.05) is 23.7 Å². The number of rotatable bonds is 1. The lowest BCUT2D eigenvalue weighted by Gasteiger charge is -2.07. The zero-order valence-electron chi connectivity index (χ0n) is 9.04. The second-order valence-electron chi connectivity index (χ2n) is 3.53. The largest absolute Gasteiger partial charge is 0.355 e. The Hall–Kier alpha value is -1.61. The van der Waals surface area contributed by atoms with Crippen LogP contribution in [0.25, 0.3) is 10.9 Å². The highest BCUT2D eigenvalue weighted by Crippen LogP contribution is 2.24. The maximum Gasteiger partial charge on any atom is 0.251 e. The fourth-order valence-electron chi connectivity index (χ4n) is 1.66. The molecule has 1 aromatic heterocycles. The minimum Gasteiger partial charge on any atom is -0.355 e. The Morgan fingerprint density at radius 3 is 2.88 bits per heavy atom. The molecule has 0 bridgehead atoms. The van der Waals surface area contributed by atoms with E-state index in [9.17, 15) is 4.79 Å². The van der Waals surface area contributed by atoms with Crippen molar-refractivity contribution >= 4 is 28.4 Å². The van der Waals surface area contributed by atoms with Crippen LogP contribution in [-0.4, -0.2) is 17.9 Å². The number of aryl methyl sites for hydroxylation is 1. The Morgan fingerprint density at radius 1 is 1.44 bits per heavy atom. The molecule has 2 rings (SSSR count). The third-order valence-corrected chi connectivity index (χ3v) is 2.70. The Bertz CT molecular complexity index is 566. The van der Waals surface area contributed by atoms with Crippen molar-refractivity contribution in [2.45, 2.75) is 6.92 Å². The van der Waals surface area contributed by atoms with E-state index < -0.39 is 0 Å². The van der Waals surface area contributed by atoms with Gasteiger partial charge in [-0.2, -0.15) is 0 Å². The molecule has 0 aliphatic heterocycles. The molecule has 0 spiro atoms. The number of para-hydroxylation sites is 1. The zero-order chi connectivity index (χ0) is 11.7. The van der Waals surface area contributed by atoms with Crippen molar-refractivity contribution in [3.8, 4) is 0 Å². The number of carbonyl (C=O) groups excluding carboxylic acids is 1. The molecule has 0 radical (unpaired) electrons. The van der Waals surface area contributed by atoms with Crippen molar-refractivity contribution in [1.82, 2.24) is 10.3 Å². The number of nitrogens with zero attached hydrogens (tertiary/aromatic N) is 1. The first-order chi connectivity index (χ1) is 7.63. The van der Waals surface area contributed by atoms with Gasteiger partial charge in [-0.15, -0.1) is 0 Å². The van der Waals surface area contributed by atoms with Gasteiger partial charge in [0.05, 0.1) is 16.1 Å². The predicted molar refractivity (Wildman–Crippen MR) is 64.9 cm³/mol. The zero-order valence-corrected chi connectivity index (χ0v) is 9.80. The molecular formula is C12H11ClN2O. The number of benzene rings is 1. The van der Waals surface area contributed by atoms with Gasteiger partial charge in [0.25, 0.3) is 5.91 Å². The summed E-state index contributed by atoms with van der Waals surface area (Å²) < 4.78 is 0. The number of fused-ring (bicyclic) bond motifs is 1. The Labute approximate surface area is 98.4 Å². The Morgan fingerprint density at radius 2 is 2.19 bits per heavy atom. The van der Waals surface area contributed by atoms with Crippen LogP contribution in [0.2, 0.25) is 5.02 Å². The van der Waals surface area contributed by atoms with Gasteiger partial charge in [0.1, 0.15) is 0 Å². The van der Waals surface area contributed by atoms with Gasteiger partial charge >= 0.3 is 0 Å². The molecule has 4 heteroatoms. The van der Waals surface area contributed by atoms with E-state index in [2.05, 4.69) is 10.3 Å². The molecule has 0 fully saturated rings. The van der Waals surface area contributed by atoms with Crippen LogP contribution >= 0.6 is 11.6 Å². The van der Waals surface area contributed by atoms with Crippen LogP contribution in [-0.2, 0) is 0 Å². The number of hydrogen-bond acceptors (Lipinski definition) is 2. The monoisotopic (exact) mass is 234 g/mol. The molecule has 1 N–H and O–H groups in total. The average molecular weight is 235 g/mol. The fourth-order valence-corrected chi connectivity index (χ4v) is 1.88. The van der Waals surface area contributed by atoms with Gasteiger partial charge in [-0.05, 0) is 19.1 Å². The smallest absolute Gasteiger partial charge is 0.251 e. The van der Waals surface area contributed by atoms with E-state index in [1.54, 1.807) is 19.2 Å². The summed E-state index contributed by atoms with van der Waals surface area (Å²) in [5, 5.41) is 3.95. The molecule has 0 aliphatic rings. The van der Waals surface area contributed by atoms with E-state index >= 15 is 0 Å². The fraction of sp³-hybridized carbons (Fsp3) is 0.167. The lowest BCUT2D eigenvalue weighted by atomic mass is 10.1. The van der Waals surface area contributed by atoms with Crippen LogP contribution in [0.15, 0.2) is 24.3 Å². The predicted octanol–water partition coefficient (Wildman–Crippen LogP) is 2.56. The third kappa shape index (κ3) is 1.74. The molecule has 2 aromatic rings. The average Bonchev–Trinajstić information content (AvgIpc) is 2.28. The molecular weight excluding hydrogens is 224 g/mol. The molecule has 0 atom stereocenters. The van der Waals surface area contributed by atoms with E-state index in [1.807, 2.05) is 19.1 Å². The summed E-state index contributed by atoms with van der Waals surface area (Å²) in [6.07, 6.45) is 0. The molecule has 0 saturated carbocycles. The second-order valence-corrected chi connectivity index (χ2v) is 3.93. The number of carbonyl (C=O) groups is 1. The Balaban J connectivity index is 2.83. The molecule has 82 valence electrons. The number of aromatic nitrogens is 1. The molecule has 3 nitrogen and oxygen atoms in total. The second kappa shape index (κ2) is 4.10. The van der Waals surface area contributed by atoms with Crippen molar-refractivity contribution in [2.75, 3.05) is 7.05 Å². The quantitative estimate of drug-likeness (QED) is 0.824. The summed E-state index contributed by atoms with van der Waals surface area (Å²) in [5.41, 5.74) is 2.05. The van der Waals surface area contributed by atoms with Crippen LogP contribution < -0.4 is 5.32 Å². The Kier molecular flexibility index (Phi) is 2.79. The molecule has 0 unspecified atom stereocenters. The summed E-state index contributed by atoms with van der Waals surface area (Å²) in [5.74, 6) is -0.127. The van der Waals surface area contributed by atoms with Crippen LogP contribution in [0.3, 0.4) is 0 Å². The molecule has 1 heterocycles. The number of halogens is 1. The van der Waals surface area contributed by atoms with E-state index in [0.717, 1.165) is 11.1 Å². The minimum atomic E-state index is -0.127. The summed E-state index contributed by atoms with van der Waals surface area (Å²) >= 11 is 6.05. The van der Waals surface area contributed by atoms with Gasteiger partial charge in [-0.25, -0.2) is 0 Å². The van der Waals surface area contributed by atoms with Crippen molar-refractivity contribution in [1.29, 1.82) is 0 Å². The normalized spacial score (nSPS) is 10.4. The van der Waals surface area contributed by atoms with Crippen LogP contribution in [0.1, 0.15) is 16.1 Å². The lowest BCUT2D eigenvalue weighted by Crippen LogP contribution is -2.18. The van der Waals surface area contributed by atoms with E-state index in [0.29, 0.717) is 16.1 Å². The highest BCUT2D eigenvalue weighted by atomic mass is 35.5. The van der Waals surface area contributed by atoms with Crippen molar-refractivity contribution in [2.24, 2.45) is 0 Å². The van der Waals surface area contributed by atoms with Gasteiger partial charge in [-0.3, -0.25) is 9.78 Å². The first kappa shape index (κ1) is 10.9. The standard InChI is InChI=1S/C12H11ClN2O/c1-7-6-9(12(16)14-2)8-4-3-5-10(13)11(8)15-7/h3-6H,1-2H3,(H,14,16). The molecule has 16 heavy (non-hydrogen) atoms. The first-order valence-corrected chi connectivity index (χ1v) is 5.29. The summed E-state index contributed by atoms with van der Waals surface area (Å²) in [6, 6.07) is 7.19. The number of hydrogen-bond donors (Lipinski definition) is 1. The number of nitrogens with one attached hydrogen (secondary N) is 1. The van der Waals surface area contributed by atoms with Gasteiger partial charge in [0, 0.05) is 18.1 Å². The topological polar surface area (TPSA) is 42.0 Å². The van der Waals surface area contributed by atoms with Gasteiger partial charge < -0.3 is 5.32 Å². The first-order valence-electron chi connectivity index (χ1n) is 4.91. The van der Waals surface area contributed by atoms with Crippen molar-refractivity contribution < 1.29 is 4.79 Å². The molecule has 1 amide bonds.